The van der Waals surface area contributed by atoms with Gasteiger partial charge in [-0.2, -0.15) is 5.10 Å². The lowest BCUT2D eigenvalue weighted by Gasteiger charge is -2.26. The summed E-state index contributed by atoms with van der Waals surface area (Å²) in [6.07, 6.45) is 0.278. The Balaban J connectivity index is 1.64. The number of benzene rings is 2. The van der Waals surface area contributed by atoms with Crippen LogP contribution in [0.1, 0.15) is 12.0 Å². The zero-order chi connectivity index (χ0) is 21.3. The number of carbonyl (C=O) groups excluding carboxylic acids is 1. The molecule has 0 saturated carbocycles. The first-order chi connectivity index (χ1) is 14.4. The van der Waals surface area contributed by atoms with Crippen molar-refractivity contribution in [3.8, 4) is 11.3 Å². The Bertz CT molecular complexity index is 1160. The van der Waals surface area contributed by atoms with Crippen molar-refractivity contribution in [1.29, 1.82) is 0 Å². The Labute approximate surface area is 169 Å². The third-order valence-corrected chi connectivity index (χ3v) is 4.67. The van der Waals surface area contributed by atoms with Gasteiger partial charge in [-0.3, -0.25) is 9.69 Å². The Hall–Kier alpha value is -3.62. The highest BCUT2D eigenvalue weighted by Crippen LogP contribution is 2.22. The van der Waals surface area contributed by atoms with E-state index in [0.717, 1.165) is 16.8 Å². The van der Waals surface area contributed by atoms with Crippen molar-refractivity contribution in [3.63, 3.8) is 0 Å². The van der Waals surface area contributed by atoms with Gasteiger partial charge in [0.15, 0.2) is 17.5 Å². The average Bonchev–Trinajstić information content (AvgIpc) is 2.74. The van der Waals surface area contributed by atoms with E-state index in [1.165, 1.54) is 17.0 Å². The summed E-state index contributed by atoms with van der Waals surface area (Å²) in [5, 5.41) is 4.15. The lowest BCUT2D eigenvalue weighted by atomic mass is 10.1. The molecule has 0 atom stereocenters. The standard InChI is InChI=1S/C21H16F3N3O3/c22-16-10-14(11-17(23)20(16)24)18-5-6-19(28)27(25-18)12-13-3-1-4-15(9-13)26-7-2-8-30-21(26)29/h1,3-6,9-11H,2,7-8,12H2. The zero-order valence-corrected chi connectivity index (χ0v) is 15.6. The van der Waals surface area contributed by atoms with Gasteiger partial charge in [0.1, 0.15) is 0 Å². The Kier molecular flexibility index (Phi) is 5.26. The number of hydrogen-bond acceptors (Lipinski definition) is 4. The van der Waals surface area contributed by atoms with E-state index in [1.807, 2.05) is 0 Å². The molecule has 1 saturated heterocycles. The molecular formula is C21H16F3N3O3. The molecule has 6 nitrogen and oxygen atoms in total. The van der Waals surface area contributed by atoms with E-state index in [1.54, 1.807) is 24.3 Å². The molecule has 2 heterocycles. The zero-order valence-electron chi connectivity index (χ0n) is 15.6. The number of halogens is 3. The van der Waals surface area contributed by atoms with Gasteiger partial charge in [-0.05, 0) is 42.3 Å². The number of carbonyl (C=O) groups is 1. The number of anilines is 1. The van der Waals surface area contributed by atoms with Crippen LogP contribution in [0.2, 0.25) is 0 Å². The predicted molar refractivity (Wildman–Crippen MR) is 103 cm³/mol. The van der Waals surface area contributed by atoms with Gasteiger partial charge in [0.2, 0.25) is 0 Å². The molecule has 0 unspecified atom stereocenters. The molecule has 0 N–H and O–H groups in total. The van der Waals surface area contributed by atoms with Crippen molar-refractivity contribution < 1.29 is 22.7 Å². The number of aromatic nitrogens is 2. The van der Waals surface area contributed by atoms with Crippen molar-refractivity contribution in [2.24, 2.45) is 0 Å². The fourth-order valence-electron chi connectivity index (χ4n) is 3.20. The molecule has 2 aromatic carbocycles. The van der Waals surface area contributed by atoms with Crippen LogP contribution in [0.4, 0.5) is 23.7 Å². The average molecular weight is 415 g/mol. The maximum atomic E-state index is 13.6. The van der Waals surface area contributed by atoms with Gasteiger partial charge in [0, 0.05) is 23.9 Å². The molecule has 1 fully saturated rings. The number of rotatable bonds is 4. The first-order valence-corrected chi connectivity index (χ1v) is 9.19. The van der Waals surface area contributed by atoms with E-state index in [4.69, 9.17) is 4.74 Å². The maximum absolute atomic E-state index is 13.6. The molecule has 1 aliphatic heterocycles. The van der Waals surface area contributed by atoms with E-state index in [2.05, 4.69) is 5.10 Å². The summed E-state index contributed by atoms with van der Waals surface area (Å²) < 4.78 is 46.5. The van der Waals surface area contributed by atoms with Gasteiger partial charge in [0.25, 0.3) is 5.56 Å². The summed E-state index contributed by atoms with van der Waals surface area (Å²) in [5.74, 6) is -4.25. The molecule has 3 aromatic rings. The molecule has 0 bridgehead atoms. The molecule has 1 aromatic heterocycles. The molecule has 0 aliphatic carbocycles. The molecule has 0 radical (unpaired) electrons. The van der Waals surface area contributed by atoms with Crippen LogP contribution in [-0.4, -0.2) is 29.0 Å². The Morgan fingerprint density at radius 1 is 1.00 bits per heavy atom. The monoisotopic (exact) mass is 415 g/mol. The number of ether oxygens (including phenoxy) is 1. The summed E-state index contributed by atoms with van der Waals surface area (Å²) in [5.41, 5.74) is 1.01. The molecule has 1 aliphatic rings. The van der Waals surface area contributed by atoms with Gasteiger partial charge < -0.3 is 4.74 Å². The van der Waals surface area contributed by atoms with Gasteiger partial charge >= 0.3 is 6.09 Å². The lowest BCUT2D eigenvalue weighted by molar-refractivity contribution is 0.140. The molecule has 154 valence electrons. The smallest absolute Gasteiger partial charge is 0.414 e. The van der Waals surface area contributed by atoms with E-state index in [0.29, 0.717) is 30.8 Å². The second kappa shape index (κ2) is 8.02. The minimum atomic E-state index is -1.57. The highest BCUT2D eigenvalue weighted by atomic mass is 19.2. The Morgan fingerprint density at radius 2 is 1.77 bits per heavy atom. The van der Waals surface area contributed by atoms with Crippen LogP contribution in [0, 0.1) is 17.5 Å². The number of cyclic esters (lactones) is 1. The predicted octanol–water partition coefficient (Wildman–Crippen LogP) is 3.72. The minimum absolute atomic E-state index is 0.00460. The number of hydrogen-bond donors (Lipinski definition) is 0. The van der Waals surface area contributed by atoms with Crippen LogP contribution >= 0.6 is 0 Å². The summed E-state index contributed by atoms with van der Waals surface area (Å²) >= 11 is 0. The van der Waals surface area contributed by atoms with Crippen molar-refractivity contribution in [3.05, 3.63) is 81.9 Å². The highest BCUT2D eigenvalue weighted by Gasteiger charge is 2.21. The van der Waals surface area contributed by atoms with E-state index in [-0.39, 0.29) is 17.8 Å². The molecule has 30 heavy (non-hydrogen) atoms. The van der Waals surface area contributed by atoms with Gasteiger partial charge in [-0.25, -0.2) is 22.6 Å². The van der Waals surface area contributed by atoms with Crippen molar-refractivity contribution >= 4 is 11.8 Å². The van der Waals surface area contributed by atoms with E-state index in [9.17, 15) is 22.8 Å². The highest BCUT2D eigenvalue weighted by molar-refractivity contribution is 5.88. The molecule has 4 rings (SSSR count). The summed E-state index contributed by atoms with van der Waals surface area (Å²) in [6, 6.07) is 11.2. The van der Waals surface area contributed by atoms with E-state index >= 15 is 0 Å². The summed E-state index contributed by atoms with van der Waals surface area (Å²) in [6.45, 7) is 0.971. The van der Waals surface area contributed by atoms with Crippen LogP contribution in [-0.2, 0) is 11.3 Å². The first-order valence-electron chi connectivity index (χ1n) is 9.19. The van der Waals surface area contributed by atoms with Gasteiger partial charge in [-0.15, -0.1) is 0 Å². The SMILES string of the molecule is O=C1OCCCN1c1cccc(Cn2nc(-c3cc(F)c(F)c(F)c3)ccc2=O)c1. The van der Waals surface area contributed by atoms with Crippen molar-refractivity contribution in [2.75, 3.05) is 18.1 Å². The second-order valence-corrected chi connectivity index (χ2v) is 6.76. The third kappa shape index (κ3) is 3.91. The molecule has 1 amide bonds. The maximum Gasteiger partial charge on any atom is 0.414 e. The van der Waals surface area contributed by atoms with Crippen LogP contribution in [0.3, 0.4) is 0 Å². The van der Waals surface area contributed by atoms with Crippen LogP contribution in [0.5, 0.6) is 0 Å². The molecular weight excluding hydrogens is 399 g/mol. The number of nitrogens with zero attached hydrogens (tertiary/aromatic N) is 3. The number of amides is 1. The summed E-state index contributed by atoms with van der Waals surface area (Å²) in [4.78, 5) is 25.7. The van der Waals surface area contributed by atoms with Crippen molar-refractivity contribution in [1.82, 2.24) is 9.78 Å². The fourth-order valence-corrected chi connectivity index (χ4v) is 3.20. The first kappa shape index (κ1) is 19.7. The van der Waals surface area contributed by atoms with Gasteiger partial charge in [-0.1, -0.05) is 12.1 Å². The Morgan fingerprint density at radius 3 is 2.50 bits per heavy atom. The quantitative estimate of drug-likeness (QED) is 0.610. The van der Waals surface area contributed by atoms with Crippen LogP contribution in [0.15, 0.2) is 53.3 Å². The lowest BCUT2D eigenvalue weighted by Crippen LogP contribution is -2.37. The largest absolute Gasteiger partial charge is 0.449 e. The molecule has 9 heteroatoms. The second-order valence-electron chi connectivity index (χ2n) is 6.76. The van der Waals surface area contributed by atoms with Crippen molar-refractivity contribution in [2.45, 2.75) is 13.0 Å². The topological polar surface area (TPSA) is 64.4 Å². The van der Waals surface area contributed by atoms with Crippen LogP contribution < -0.4 is 10.5 Å². The van der Waals surface area contributed by atoms with Gasteiger partial charge in [0.05, 0.1) is 18.8 Å². The normalized spacial score (nSPS) is 14.0. The van der Waals surface area contributed by atoms with E-state index < -0.39 is 29.1 Å². The minimum Gasteiger partial charge on any atom is -0.449 e. The molecule has 0 spiro atoms. The third-order valence-electron chi connectivity index (χ3n) is 4.67. The summed E-state index contributed by atoms with van der Waals surface area (Å²) in [7, 11) is 0. The fraction of sp³-hybridized carbons (Fsp3) is 0.190. The van der Waals surface area contributed by atoms with Crippen LogP contribution in [0.25, 0.3) is 11.3 Å².